The van der Waals surface area contributed by atoms with Crippen molar-refractivity contribution in [2.24, 2.45) is 0 Å². The second-order valence-electron chi connectivity index (χ2n) is 6.76. The summed E-state index contributed by atoms with van der Waals surface area (Å²) >= 11 is 8.79. The molecule has 2 aromatic carbocycles. The highest BCUT2D eigenvalue weighted by Crippen LogP contribution is 2.40. The average molecular weight is 485 g/mol. The van der Waals surface area contributed by atoms with Gasteiger partial charge >= 0.3 is 0 Å². The van der Waals surface area contributed by atoms with E-state index in [4.69, 9.17) is 11.6 Å². The highest BCUT2D eigenvalue weighted by molar-refractivity contribution is 7.22. The molecule has 9 nitrogen and oxygen atoms in total. The summed E-state index contributed by atoms with van der Waals surface area (Å²) in [6, 6.07) is 11.8. The molecule has 0 aliphatic carbocycles. The predicted molar refractivity (Wildman–Crippen MR) is 125 cm³/mol. The van der Waals surface area contributed by atoms with Crippen LogP contribution in [0.4, 0.5) is 11.4 Å². The number of benzene rings is 2. The lowest BCUT2D eigenvalue weighted by atomic mass is 10.2. The molecule has 160 valence electrons. The summed E-state index contributed by atoms with van der Waals surface area (Å²) in [5.41, 5.74) is 1.38. The molecule has 0 saturated heterocycles. The molecule has 0 saturated carbocycles. The lowest BCUT2D eigenvalue weighted by molar-refractivity contribution is -0.382. The SMILES string of the molecule is CCc1nnc2sc(-c3ccc(NC(=O)c4sc5c([N+](=O)[O-])cccc5c4Cl)cc3)nn12. The van der Waals surface area contributed by atoms with E-state index in [0.717, 1.165) is 39.1 Å². The summed E-state index contributed by atoms with van der Waals surface area (Å²) in [4.78, 5) is 24.6. The van der Waals surface area contributed by atoms with E-state index in [0.29, 0.717) is 15.8 Å². The quantitative estimate of drug-likeness (QED) is 0.262. The van der Waals surface area contributed by atoms with Crippen LogP contribution in [0, 0.1) is 10.1 Å². The Morgan fingerprint density at radius 1 is 1.19 bits per heavy atom. The number of nitrogens with zero attached hydrogens (tertiary/aromatic N) is 5. The summed E-state index contributed by atoms with van der Waals surface area (Å²) in [7, 11) is 0. The summed E-state index contributed by atoms with van der Waals surface area (Å²) in [5.74, 6) is 0.372. The van der Waals surface area contributed by atoms with E-state index in [1.165, 1.54) is 17.4 Å². The number of carbonyl (C=O) groups excluding carboxylic acids is 1. The van der Waals surface area contributed by atoms with Gasteiger partial charge in [0, 0.05) is 29.1 Å². The molecule has 0 aliphatic heterocycles. The molecule has 1 N–H and O–H groups in total. The monoisotopic (exact) mass is 484 g/mol. The maximum atomic E-state index is 12.8. The number of hydrogen-bond acceptors (Lipinski definition) is 8. The first-order chi connectivity index (χ1) is 15.5. The summed E-state index contributed by atoms with van der Waals surface area (Å²) < 4.78 is 2.11. The molecule has 0 fully saturated rings. The van der Waals surface area contributed by atoms with Crippen molar-refractivity contribution in [3.8, 4) is 10.6 Å². The third-order valence-electron chi connectivity index (χ3n) is 4.80. The molecule has 0 bridgehead atoms. The fraction of sp³-hybridized carbons (Fsp3) is 0.100. The van der Waals surface area contributed by atoms with Gasteiger partial charge < -0.3 is 5.32 Å². The molecule has 0 unspecified atom stereocenters. The van der Waals surface area contributed by atoms with Crippen LogP contribution in [-0.2, 0) is 6.42 Å². The van der Waals surface area contributed by atoms with Crippen LogP contribution in [0.2, 0.25) is 5.02 Å². The number of nitro groups is 1. The Kier molecular flexibility index (Phi) is 5.08. The lowest BCUT2D eigenvalue weighted by Gasteiger charge is -2.05. The fourth-order valence-corrected chi connectivity index (χ4v) is 5.60. The van der Waals surface area contributed by atoms with Crippen molar-refractivity contribution in [3.63, 3.8) is 0 Å². The van der Waals surface area contributed by atoms with E-state index in [1.54, 1.807) is 28.8 Å². The van der Waals surface area contributed by atoms with Gasteiger partial charge in [-0.05, 0) is 24.3 Å². The number of halogens is 1. The second kappa shape index (κ2) is 7.93. The lowest BCUT2D eigenvalue weighted by Crippen LogP contribution is -2.10. The first kappa shape index (κ1) is 20.5. The number of rotatable bonds is 5. The minimum absolute atomic E-state index is 0.0750. The number of nitro benzene ring substituents is 1. The number of nitrogens with one attached hydrogen (secondary N) is 1. The zero-order chi connectivity index (χ0) is 22.4. The topological polar surface area (TPSA) is 115 Å². The Hall–Kier alpha value is -3.41. The third-order valence-corrected chi connectivity index (χ3v) is 7.48. The van der Waals surface area contributed by atoms with Crippen LogP contribution in [-0.4, -0.2) is 30.6 Å². The van der Waals surface area contributed by atoms with Crippen LogP contribution < -0.4 is 5.32 Å². The Bertz CT molecular complexity index is 1510. The van der Waals surface area contributed by atoms with Gasteiger partial charge in [-0.1, -0.05) is 42.0 Å². The zero-order valence-electron chi connectivity index (χ0n) is 16.4. The highest BCUT2D eigenvalue weighted by atomic mass is 35.5. The van der Waals surface area contributed by atoms with Gasteiger partial charge in [0.15, 0.2) is 5.82 Å². The molecule has 3 heterocycles. The number of amides is 1. The van der Waals surface area contributed by atoms with Crippen molar-refractivity contribution in [1.29, 1.82) is 0 Å². The maximum absolute atomic E-state index is 12.8. The van der Waals surface area contributed by atoms with Crippen molar-refractivity contribution in [2.45, 2.75) is 13.3 Å². The molecule has 3 aromatic heterocycles. The molecular weight excluding hydrogens is 472 g/mol. The summed E-state index contributed by atoms with van der Waals surface area (Å²) in [5, 5.41) is 28.3. The molecule has 5 aromatic rings. The molecule has 0 spiro atoms. The second-order valence-corrected chi connectivity index (χ2v) is 9.11. The van der Waals surface area contributed by atoms with Gasteiger partial charge in [-0.2, -0.15) is 9.61 Å². The van der Waals surface area contributed by atoms with Gasteiger partial charge in [-0.15, -0.1) is 21.5 Å². The molecule has 1 amide bonds. The number of hydrogen-bond donors (Lipinski definition) is 1. The van der Waals surface area contributed by atoms with E-state index in [-0.39, 0.29) is 15.6 Å². The van der Waals surface area contributed by atoms with E-state index >= 15 is 0 Å². The standard InChI is InChI=1S/C20H13ClN6O3S2/c1-2-14-23-24-20-26(14)25-19(32-20)10-6-8-11(9-7-10)22-18(28)17-15(21)12-4-3-5-13(27(29)30)16(12)31-17/h3-9H,2H2,1H3,(H,22,28). The molecule has 0 aliphatic rings. The molecule has 5 rings (SSSR count). The number of aryl methyl sites for hydroxylation is 1. The molecule has 32 heavy (non-hydrogen) atoms. The Morgan fingerprint density at radius 2 is 1.97 bits per heavy atom. The van der Waals surface area contributed by atoms with Crippen LogP contribution in [0.3, 0.4) is 0 Å². The van der Waals surface area contributed by atoms with Crippen molar-refractivity contribution >= 4 is 66.6 Å². The number of carbonyl (C=O) groups is 1. The van der Waals surface area contributed by atoms with Crippen molar-refractivity contribution in [2.75, 3.05) is 5.32 Å². The average Bonchev–Trinajstić information content (AvgIpc) is 3.47. The fourth-order valence-electron chi connectivity index (χ4n) is 3.24. The van der Waals surface area contributed by atoms with Gasteiger partial charge in [0.1, 0.15) is 14.6 Å². The van der Waals surface area contributed by atoms with Crippen LogP contribution in [0.25, 0.3) is 25.6 Å². The molecular formula is C20H13ClN6O3S2. The van der Waals surface area contributed by atoms with Crippen LogP contribution >= 0.6 is 34.3 Å². The van der Waals surface area contributed by atoms with E-state index in [1.807, 2.05) is 19.1 Å². The number of non-ortho nitro benzene ring substituents is 1. The van der Waals surface area contributed by atoms with Gasteiger partial charge in [-0.3, -0.25) is 14.9 Å². The first-order valence-electron chi connectivity index (χ1n) is 9.44. The maximum Gasteiger partial charge on any atom is 0.287 e. The van der Waals surface area contributed by atoms with Crippen LogP contribution in [0.5, 0.6) is 0 Å². The van der Waals surface area contributed by atoms with Gasteiger partial charge in [0.2, 0.25) is 4.96 Å². The number of anilines is 1. The van der Waals surface area contributed by atoms with Gasteiger partial charge in [0.05, 0.1) is 9.95 Å². The Morgan fingerprint density at radius 3 is 2.69 bits per heavy atom. The van der Waals surface area contributed by atoms with E-state index in [2.05, 4.69) is 20.6 Å². The summed E-state index contributed by atoms with van der Waals surface area (Å²) in [6.45, 7) is 1.99. The van der Waals surface area contributed by atoms with Crippen molar-refractivity contribution < 1.29 is 9.72 Å². The molecule has 0 radical (unpaired) electrons. The van der Waals surface area contributed by atoms with Gasteiger partial charge in [-0.25, -0.2) is 0 Å². The Labute approximate surface area is 193 Å². The third kappa shape index (κ3) is 3.40. The van der Waals surface area contributed by atoms with Gasteiger partial charge in [0.25, 0.3) is 11.6 Å². The van der Waals surface area contributed by atoms with Crippen LogP contribution in [0.1, 0.15) is 22.4 Å². The minimum atomic E-state index is -0.481. The number of fused-ring (bicyclic) bond motifs is 2. The predicted octanol–water partition coefficient (Wildman–Crippen LogP) is 5.44. The molecule has 12 heteroatoms. The Balaban J connectivity index is 1.40. The largest absolute Gasteiger partial charge is 0.321 e. The summed E-state index contributed by atoms with van der Waals surface area (Å²) in [6.07, 6.45) is 0.735. The van der Waals surface area contributed by atoms with E-state index < -0.39 is 10.8 Å². The smallest absolute Gasteiger partial charge is 0.287 e. The van der Waals surface area contributed by atoms with Crippen molar-refractivity contribution in [3.05, 3.63) is 68.3 Å². The minimum Gasteiger partial charge on any atom is -0.321 e. The number of thiophene rings is 1. The zero-order valence-corrected chi connectivity index (χ0v) is 18.8. The normalized spacial score (nSPS) is 11.3. The van der Waals surface area contributed by atoms with Crippen molar-refractivity contribution in [1.82, 2.24) is 19.8 Å². The van der Waals surface area contributed by atoms with Crippen LogP contribution in [0.15, 0.2) is 42.5 Å². The first-order valence-corrected chi connectivity index (χ1v) is 11.5. The molecule has 0 atom stereocenters. The van der Waals surface area contributed by atoms with E-state index in [9.17, 15) is 14.9 Å². The number of aromatic nitrogens is 4. The highest BCUT2D eigenvalue weighted by Gasteiger charge is 2.23.